The predicted molar refractivity (Wildman–Crippen MR) is 59.4 cm³/mol. The molecule has 0 saturated heterocycles. The number of esters is 1. The van der Waals surface area contributed by atoms with E-state index in [-0.39, 0.29) is 18.1 Å². The lowest BCUT2D eigenvalue weighted by atomic mass is 10.3. The average Bonchev–Trinajstić information content (AvgIpc) is 2.59. The van der Waals surface area contributed by atoms with Crippen LogP contribution in [0.3, 0.4) is 0 Å². The van der Waals surface area contributed by atoms with Crippen molar-refractivity contribution in [2.24, 2.45) is 0 Å². The summed E-state index contributed by atoms with van der Waals surface area (Å²) >= 11 is 5.86. The van der Waals surface area contributed by atoms with Crippen LogP contribution < -0.4 is 5.73 Å². The number of halogens is 1. The minimum absolute atomic E-state index is 0.0354. The molecule has 2 rings (SSSR count). The summed E-state index contributed by atoms with van der Waals surface area (Å²) in [5.41, 5.74) is 6.29. The van der Waals surface area contributed by atoms with Crippen LogP contribution in [0.4, 0.5) is 5.69 Å². The fourth-order valence-electron chi connectivity index (χ4n) is 1.35. The molecule has 0 aliphatic carbocycles. The van der Waals surface area contributed by atoms with Crippen molar-refractivity contribution in [2.45, 2.75) is 6.92 Å². The molecule has 84 valence electrons. The molecule has 0 atom stereocenters. The van der Waals surface area contributed by atoms with Gasteiger partial charge < -0.3 is 14.9 Å². The van der Waals surface area contributed by atoms with Crippen molar-refractivity contribution in [1.29, 1.82) is 0 Å². The van der Waals surface area contributed by atoms with Gasteiger partial charge in [-0.1, -0.05) is 11.6 Å². The van der Waals surface area contributed by atoms with E-state index in [1.54, 1.807) is 6.92 Å². The van der Waals surface area contributed by atoms with Gasteiger partial charge in [0, 0.05) is 12.4 Å². The first kappa shape index (κ1) is 10.8. The first-order chi connectivity index (χ1) is 7.65. The summed E-state index contributed by atoms with van der Waals surface area (Å²) in [4.78, 5) is 15.4. The number of carbonyl (C=O) groups is 1. The number of carbonyl (C=O) groups excluding carboxylic acids is 1. The number of furan rings is 1. The van der Waals surface area contributed by atoms with Gasteiger partial charge >= 0.3 is 5.97 Å². The Morgan fingerprint density at radius 3 is 3.00 bits per heavy atom. The first-order valence-electron chi connectivity index (χ1n) is 4.63. The Kier molecular flexibility index (Phi) is 2.70. The zero-order chi connectivity index (χ0) is 11.7. The maximum Gasteiger partial charge on any atom is 0.376 e. The number of hydrogen-bond acceptors (Lipinski definition) is 5. The summed E-state index contributed by atoms with van der Waals surface area (Å²) in [6.07, 6.45) is 2.91. The molecular weight excluding hydrogens is 232 g/mol. The van der Waals surface area contributed by atoms with Gasteiger partial charge in [0.2, 0.25) is 5.76 Å². The first-order valence-corrected chi connectivity index (χ1v) is 5.01. The fraction of sp³-hybridized carbons (Fsp3) is 0.200. The van der Waals surface area contributed by atoms with Crippen LogP contribution in [0.25, 0.3) is 11.0 Å². The zero-order valence-electron chi connectivity index (χ0n) is 8.49. The molecule has 5 nitrogen and oxygen atoms in total. The van der Waals surface area contributed by atoms with Crippen LogP contribution in [0, 0.1) is 0 Å². The van der Waals surface area contributed by atoms with Crippen molar-refractivity contribution in [3.8, 4) is 0 Å². The molecular formula is C10H9ClN2O3. The van der Waals surface area contributed by atoms with Crippen molar-refractivity contribution in [2.75, 3.05) is 12.3 Å². The van der Waals surface area contributed by atoms with E-state index in [0.29, 0.717) is 16.0 Å². The molecule has 16 heavy (non-hydrogen) atoms. The van der Waals surface area contributed by atoms with Gasteiger partial charge in [0.25, 0.3) is 0 Å². The van der Waals surface area contributed by atoms with Crippen LogP contribution >= 0.6 is 11.6 Å². The summed E-state index contributed by atoms with van der Waals surface area (Å²) in [5.74, 6) is -0.640. The van der Waals surface area contributed by atoms with Crippen LogP contribution in [0.1, 0.15) is 17.5 Å². The number of aromatic nitrogens is 1. The fourth-order valence-corrected chi connectivity index (χ4v) is 1.54. The van der Waals surface area contributed by atoms with E-state index in [0.717, 1.165) is 0 Å². The molecule has 6 heteroatoms. The molecule has 0 fully saturated rings. The Labute approximate surface area is 96.1 Å². The van der Waals surface area contributed by atoms with E-state index in [1.165, 1.54) is 12.4 Å². The van der Waals surface area contributed by atoms with Crippen LogP contribution in [0.15, 0.2) is 16.8 Å². The maximum absolute atomic E-state index is 11.5. The van der Waals surface area contributed by atoms with Crippen LogP contribution in [0.2, 0.25) is 5.02 Å². The molecule has 0 amide bonds. The maximum atomic E-state index is 11.5. The van der Waals surface area contributed by atoms with E-state index in [9.17, 15) is 4.79 Å². The second-order valence-electron chi connectivity index (χ2n) is 3.06. The molecule has 0 aromatic carbocycles. The number of pyridine rings is 1. The van der Waals surface area contributed by atoms with Gasteiger partial charge in [-0.15, -0.1) is 0 Å². The number of ether oxygens (including phenoxy) is 1. The molecule has 2 heterocycles. The van der Waals surface area contributed by atoms with Gasteiger partial charge in [0.1, 0.15) is 5.02 Å². The van der Waals surface area contributed by atoms with Crippen molar-refractivity contribution in [3.05, 3.63) is 23.2 Å². The lowest BCUT2D eigenvalue weighted by molar-refractivity contribution is 0.0494. The average molecular weight is 241 g/mol. The highest BCUT2D eigenvalue weighted by molar-refractivity contribution is 6.35. The third-order valence-corrected chi connectivity index (χ3v) is 2.32. The Hall–Kier alpha value is -1.75. The molecule has 0 spiro atoms. The Bertz CT molecular complexity index is 550. The predicted octanol–water partition coefficient (Wildman–Crippen LogP) is 2.24. The molecule has 2 N–H and O–H groups in total. The summed E-state index contributed by atoms with van der Waals surface area (Å²) in [6, 6.07) is 0. The number of rotatable bonds is 2. The van der Waals surface area contributed by atoms with Crippen molar-refractivity contribution in [3.63, 3.8) is 0 Å². The van der Waals surface area contributed by atoms with E-state index in [1.807, 2.05) is 0 Å². The van der Waals surface area contributed by atoms with E-state index in [2.05, 4.69) is 4.98 Å². The van der Waals surface area contributed by atoms with Crippen LogP contribution in [0.5, 0.6) is 0 Å². The van der Waals surface area contributed by atoms with Crippen LogP contribution in [-0.4, -0.2) is 17.6 Å². The largest absolute Gasteiger partial charge is 0.460 e. The molecule has 0 aliphatic heterocycles. The quantitative estimate of drug-likeness (QED) is 0.815. The van der Waals surface area contributed by atoms with Crippen molar-refractivity contribution >= 4 is 34.2 Å². The lowest BCUT2D eigenvalue weighted by Gasteiger charge is -1.97. The third kappa shape index (κ3) is 1.59. The minimum Gasteiger partial charge on any atom is -0.460 e. The molecule has 2 aromatic rings. The lowest BCUT2D eigenvalue weighted by Crippen LogP contribution is -2.05. The summed E-state index contributed by atoms with van der Waals surface area (Å²) < 4.78 is 10.1. The smallest absolute Gasteiger partial charge is 0.376 e. The minimum atomic E-state index is -0.604. The van der Waals surface area contributed by atoms with Gasteiger partial charge in [-0.3, -0.25) is 4.98 Å². The molecule has 0 unspecified atom stereocenters. The highest BCUT2D eigenvalue weighted by Gasteiger charge is 2.20. The second kappa shape index (κ2) is 4.02. The van der Waals surface area contributed by atoms with Gasteiger partial charge in [0.05, 0.1) is 17.7 Å². The molecule has 0 saturated carbocycles. The number of nitrogens with zero attached hydrogens (tertiary/aromatic N) is 1. The molecule has 0 radical (unpaired) electrons. The number of nitrogen functional groups attached to an aromatic ring is 1. The highest BCUT2D eigenvalue weighted by atomic mass is 35.5. The van der Waals surface area contributed by atoms with E-state index in [4.69, 9.17) is 26.5 Å². The van der Waals surface area contributed by atoms with E-state index >= 15 is 0 Å². The number of nitrogens with two attached hydrogens (primary N) is 1. The molecule has 0 aliphatic rings. The number of hydrogen-bond donors (Lipinski definition) is 1. The molecule has 2 aromatic heterocycles. The van der Waals surface area contributed by atoms with Gasteiger partial charge in [-0.05, 0) is 6.92 Å². The summed E-state index contributed by atoms with van der Waals surface area (Å²) in [6.45, 7) is 1.95. The van der Waals surface area contributed by atoms with Crippen molar-refractivity contribution < 1.29 is 13.9 Å². The van der Waals surface area contributed by atoms with Crippen LogP contribution in [-0.2, 0) is 4.74 Å². The van der Waals surface area contributed by atoms with Crippen molar-refractivity contribution in [1.82, 2.24) is 4.98 Å². The normalized spacial score (nSPS) is 10.6. The topological polar surface area (TPSA) is 78.3 Å². The number of fused-ring (bicyclic) bond motifs is 1. The standard InChI is InChI=1S/C10H9ClN2O3/c1-2-15-10(14)9-7(12)5-3-13-4-6(11)8(5)16-9/h3-4H,2,12H2,1H3. The monoisotopic (exact) mass is 240 g/mol. The SMILES string of the molecule is CCOC(=O)c1oc2c(Cl)cncc2c1N. The van der Waals surface area contributed by atoms with Gasteiger partial charge in [-0.2, -0.15) is 0 Å². The number of anilines is 1. The summed E-state index contributed by atoms with van der Waals surface area (Å²) in [5, 5.41) is 0.815. The third-order valence-electron chi connectivity index (χ3n) is 2.05. The second-order valence-corrected chi connectivity index (χ2v) is 3.47. The van der Waals surface area contributed by atoms with Gasteiger partial charge in [-0.25, -0.2) is 4.79 Å². The summed E-state index contributed by atoms with van der Waals surface area (Å²) in [7, 11) is 0. The molecule has 0 bridgehead atoms. The van der Waals surface area contributed by atoms with Gasteiger partial charge in [0.15, 0.2) is 5.58 Å². The Morgan fingerprint density at radius 2 is 2.38 bits per heavy atom. The van der Waals surface area contributed by atoms with E-state index < -0.39 is 5.97 Å². The Morgan fingerprint density at radius 1 is 1.62 bits per heavy atom. The highest BCUT2D eigenvalue weighted by Crippen LogP contribution is 2.32. The Balaban J connectivity index is 2.60. The zero-order valence-corrected chi connectivity index (χ0v) is 9.25.